The Hall–Kier alpha value is 0.923. The Morgan fingerprint density at radius 1 is 1.57 bits per heavy atom. The third kappa shape index (κ3) is 10.9. The van der Waals surface area contributed by atoms with Gasteiger partial charge in [-0.3, -0.25) is 0 Å². The molecule has 0 aromatic heterocycles. The van der Waals surface area contributed by atoms with Gasteiger partial charge in [0.05, 0.1) is 0 Å². The first-order valence-electron chi connectivity index (χ1n) is 0.919. The zero-order valence-corrected chi connectivity index (χ0v) is 9.64. The second-order valence-electron chi connectivity index (χ2n) is 0.560. The maximum atomic E-state index is 10.2. The van der Waals surface area contributed by atoms with Crippen LogP contribution in [-0.2, 0) is 9.29 Å². The molecule has 0 aromatic rings. The van der Waals surface area contributed by atoms with E-state index in [0.29, 0.717) is 0 Å². The standard InChI is InChI=1S/Bi.FH2O4P.3H/c;1-5-6(2,3)4;;;/h;(H2,2,3,4);;;. The van der Waals surface area contributed by atoms with Gasteiger partial charge in [0.15, 0.2) is 0 Å². The first kappa shape index (κ1) is 10.8. The van der Waals surface area contributed by atoms with Crippen LogP contribution in [0.5, 0.6) is 0 Å². The van der Waals surface area contributed by atoms with E-state index in [1.54, 1.807) is 0 Å². The fraction of sp³-hybridized carbons (Fsp3) is 0. The molecule has 0 heterocycles. The summed E-state index contributed by atoms with van der Waals surface area (Å²) in [6.07, 6.45) is 0. The fourth-order valence-corrected chi connectivity index (χ4v) is 0. The van der Waals surface area contributed by atoms with Crippen molar-refractivity contribution < 1.29 is 23.6 Å². The number of rotatable bonds is 1. The van der Waals surface area contributed by atoms with Crippen molar-refractivity contribution in [3.8, 4) is 0 Å². The molecule has 0 radical (unpaired) electrons. The van der Waals surface area contributed by atoms with Crippen LogP contribution in [0.1, 0.15) is 0 Å². The van der Waals surface area contributed by atoms with Gasteiger partial charge in [0.2, 0.25) is 0 Å². The van der Waals surface area contributed by atoms with E-state index >= 15 is 0 Å². The van der Waals surface area contributed by atoms with Gasteiger partial charge in [0.25, 0.3) is 0 Å². The van der Waals surface area contributed by atoms with E-state index in [0.717, 1.165) is 0 Å². The van der Waals surface area contributed by atoms with Crippen LogP contribution in [0.15, 0.2) is 0 Å². The Morgan fingerprint density at radius 2 is 1.71 bits per heavy atom. The molecule has 0 bridgehead atoms. The van der Waals surface area contributed by atoms with Crippen molar-refractivity contribution in [3.05, 3.63) is 0 Å². The van der Waals surface area contributed by atoms with Crippen molar-refractivity contribution in [2.24, 2.45) is 0 Å². The summed E-state index contributed by atoms with van der Waals surface area (Å²) in [6, 6.07) is 0. The fourth-order valence-electron chi connectivity index (χ4n) is 0. The molecule has 0 aromatic carbocycles. The molecular weight excluding hydrogens is 323 g/mol. The number of phosphoric acid groups is 1. The molecule has 0 unspecified atom stereocenters. The number of hydrogen-bond donors (Lipinski definition) is 2. The van der Waals surface area contributed by atoms with Crippen LogP contribution in [0, 0.1) is 0 Å². The second-order valence-corrected chi connectivity index (χ2v) is 1.68. The molecule has 4 nitrogen and oxygen atoms in total. The summed E-state index contributed by atoms with van der Waals surface area (Å²) in [6.45, 7) is 0. The maximum absolute atomic E-state index is 10.2. The van der Waals surface area contributed by atoms with E-state index in [-0.39, 0.29) is 26.2 Å². The molecule has 0 fully saturated rings. The average molecular weight is 328 g/mol. The van der Waals surface area contributed by atoms with Gasteiger partial charge in [-0.25, -0.2) is 4.57 Å². The van der Waals surface area contributed by atoms with Gasteiger partial charge in [-0.2, -0.15) is 0 Å². The van der Waals surface area contributed by atoms with Crippen molar-refractivity contribution in [2.45, 2.75) is 0 Å². The van der Waals surface area contributed by atoms with Crippen LogP contribution in [0.3, 0.4) is 0 Å². The molecule has 2 N–H and O–H groups in total. The normalized spacial score (nSPS) is 10.1. The summed E-state index contributed by atoms with van der Waals surface area (Å²) in [5.74, 6) is 0. The van der Waals surface area contributed by atoms with E-state index in [4.69, 9.17) is 14.4 Å². The summed E-state index contributed by atoms with van der Waals surface area (Å²) >= 11 is 0. The van der Waals surface area contributed by atoms with Gasteiger partial charge in [0, 0.05) is 0 Å². The van der Waals surface area contributed by atoms with Crippen LogP contribution in [0.4, 0.5) is 4.53 Å². The predicted molar refractivity (Wildman–Crippen MR) is 24.2 cm³/mol. The quantitative estimate of drug-likeness (QED) is 0.469. The molecule has 7 heavy (non-hydrogen) atoms. The van der Waals surface area contributed by atoms with Crippen molar-refractivity contribution in [1.82, 2.24) is 0 Å². The van der Waals surface area contributed by atoms with Crippen molar-refractivity contribution in [3.63, 3.8) is 0 Å². The first-order valence-corrected chi connectivity index (χ1v) is 2.45. The molecule has 0 aliphatic carbocycles. The average Bonchev–Trinajstić information content (AvgIpc) is 1.35. The van der Waals surface area contributed by atoms with Gasteiger partial charge in [-0.1, -0.05) is 4.73 Å². The molecule has 0 amide bonds. The molecule has 46 valence electrons. The third-order valence-electron chi connectivity index (χ3n) is 0.0899. The third-order valence-corrected chi connectivity index (χ3v) is 0.270. The Labute approximate surface area is 57.9 Å². The van der Waals surface area contributed by atoms with Crippen LogP contribution in [0.2, 0.25) is 0 Å². The molecule has 0 spiro atoms. The van der Waals surface area contributed by atoms with E-state index in [1.165, 1.54) is 0 Å². The Kier molecular flexibility index (Phi) is 5.98. The van der Waals surface area contributed by atoms with E-state index < -0.39 is 7.82 Å². The summed E-state index contributed by atoms with van der Waals surface area (Å²) in [7, 11) is -4.81. The minimum absolute atomic E-state index is 0. The van der Waals surface area contributed by atoms with Gasteiger partial charge < -0.3 is 9.79 Å². The second kappa shape index (κ2) is 3.87. The summed E-state index contributed by atoms with van der Waals surface area (Å²) in [4.78, 5) is 14.7. The van der Waals surface area contributed by atoms with Crippen molar-refractivity contribution in [1.29, 1.82) is 0 Å². The van der Waals surface area contributed by atoms with Gasteiger partial charge in [-0.15, -0.1) is 0 Å². The van der Waals surface area contributed by atoms with E-state index in [9.17, 15) is 4.53 Å². The molecular formula is H5BiFO4P. The summed E-state index contributed by atoms with van der Waals surface area (Å²) < 4.78 is 21.4. The van der Waals surface area contributed by atoms with Crippen LogP contribution in [0.25, 0.3) is 0 Å². The summed E-state index contributed by atoms with van der Waals surface area (Å²) in [5, 5.41) is 0. The molecule has 0 aliphatic heterocycles. The molecule has 0 atom stereocenters. The van der Waals surface area contributed by atoms with Gasteiger partial charge in [0.1, 0.15) is 0 Å². The van der Waals surface area contributed by atoms with Crippen molar-refractivity contribution in [2.75, 3.05) is 0 Å². The Balaban J connectivity index is 0. The van der Waals surface area contributed by atoms with Crippen LogP contribution >= 0.6 is 7.82 Å². The van der Waals surface area contributed by atoms with Gasteiger partial charge in [-0.05, 0) is 4.53 Å². The zero-order valence-electron chi connectivity index (χ0n) is 3.24. The summed E-state index contributed by atoms with van der Waals surface area (Å²) in [5.41, 5.74) is 0. The molecule has 0 saturated heterocycles. The zero-order chi connectivity index (χ0) is 5.21. The first-order chi connectivity index (χ1) is 2.56. The molecule has 0 saturated carbocycles. The number of hydrogen-bond acceptors (Lipinski definition) is 2. The minimum atomic E-state index is -4.81. The van der Waals surface area contributed by atoms with E-state index in [1.807, 2.05) is 0 Å². The van der Waals surface area contributed by atoms with Crippen molar-refractivity contribution >= 4 is 34.0 Å². The Bertz CT molecular complexity index is 75.8. The van der Waals surface area contributed by atoms with E-state index in [2.05, 4.69) is 4.73 Å². The topological polar surface area (TPSA) is 66.8 Å². The Morgan fingerprint density at radius 3 is 1.71 bits per heavy atom. The molecule has 0 rings (SSSR count). The number of halogens is 1. The van der Waals surface area contributed by atoms with Crippen LogP contribution in [-0.4, -0.2) is 36.0 Å². The monoisotopic (exact) mass is 328 g/mol. The molecule has 7 heteroatoms. The van der Waals surface area contributed by atoms with Crippen LogP contribution < -0.4 is 0 Å². The molecule has 0 aliphatic rings. The van der Waals surface area contributed by atoms with Gasteiger partial charge >= 0.3 is 34.0 Å². The predicted octanol–water partition coefficient (Wildman–Crippen LogP) is -1.20. The SMILES string of the molecule is O=P(O)(O)OF.[BiH3].